The van der Waals surface area contributed by atoms with E-state index in [1.807, 2.05) is 12.1 Å². The number of hydrogen-bond donors (Lipinski definition) is 0. The minimum absolute atomic E-state index is 0.183. The van der Waals surface area contributed by atoms with Crippen LogP contribution in [0.3, 0.4) is 0 Å². The Morgan fingerprint density at radius 3 is 2.50 bits per heavy atom. The van der Waals surface area contributed by atoms with Crippen LogP contribution < -0.4 is 4.74 Å². The average molecular weight is 409 g/mol. The van der Waals surface area contributed by atoms with E-state index >= 15 is 0 Å². The van der Waals surface area contributed by atoms with Crippen LogP contribution in [-0.2, 0) is 14.9 Å². The number of nitrogens with zero attached hydrogens (tertiary/aromatic N) is 2. The van der Waals surface area contributed by atoms with Crippen molar-refractivity contribution in [2.24, 2.45) is 0 Å². The first kappa shape index (κ1) is 20.9. The fourth-order valence-corrected chi connectivity index (χ4v) is 4.84. The van der Waals surface area contributed by atoms with E-state index in [0.29, 0.717) is 19.8 Å². The van der Waals surface area contributed by atoms with E-state index in [0.717, 1.165) is 37.2 Å². The van der Waals surface area contributed by atoms with Gasteiger partial charge in [0.15, 0.2) is 0 Å². The molecule has 2 aromatic rings. The van der Waals surface area contributed by atoms with Gasteiger partial charge in [0.25, 0.3) is 0 Å². The van der Waals surface area contributed by atoms with Crippen molar-refractivity contribution in [1.82, 2.24) is 9.80 Å². The van der Waals surface area contributed by atoms with Crippen LogP contribution in [0.5, 0.6) is 5.75 Å². The van der Waals surface area contributed by atoms with Crippen molar-refractivity contribution in [2.75, 3.05) is 47.0 Å². The highest BCUT2D eigenvalue weighted by Crippen LogP contribution is 2.38. The Bertz CT molecular complexity index is 874. The van der Waals surface area contributed by atoms with Crippen LogP contribution in [0.2, 0.25) is 0 Å². The number of aryl methyl sites for hydroxylation is 1. The topological polar surface area (TPSA) is 42.0 Å². The zero-order valence-electron chi connectivity index (χ0n) is 18.3. The van der Waals surface area contributed by atoms with Gasteiger partial charge in [0, 0.05) is 32.8 Å². The number of piperazine rings is 1. The lowest BCUT2D eigenvalue weighted by Crippen LogP contribution is -2.56. The summed E-state index contributed by atoms with van der Waals surface area (Å²) < 4.78 is 11.0. The van der Waals surface area contributed by atoms with Gasteiger partial charge in [0.1, 0.15) is 5.75 Å². The Morgan fingerprint density at radius 1 is 1.10 bits per heavy atom. The molecule has 2 aromatic carbocycles. The Balaban J connectivity index is 1.61. The van der Waals surface area contributed by atoms with Gasteiger partial charge >= 0.3 is 0 Å². The van der Waals surface area contributed by atoms with Gasteiger partial charge in [-0.3, -0.25) is 9.69 Å². The van der Waals surface area contributed by atoms with Gasteiger partial charge in [-0.05, 0) is 50.1 Å². The lowest BCUT2D eigenvalue weighted by Gasteiger charge is -2.45. The number of likely N-dealkylation sites (N-methyl/N-ethyl adjacent to an activating group) is 1. The predicted molar refractivity (Wildman–Crippen MR) is 118 cm³/mol. The van der Waals surface area contributed by atoms with Crippen LogP contribution in [0, 0.1) is 6.92 Å². The predicted octanol–water partition coefficient (Wildman–Crippen LogP) is 3.57. The Hall–Kier alpha value is -2.37. The average Bonchev–Trinajstić information content (AvgIpc) is 2.79. The molecule has 1 unspecified atom stereocenters. The highest BCUT2D eigenvalue weighted by molar-refractivity contribution is 5.88. The summed E-state index contributed by atoms with van der Waals surface area (Å²) in [6.07, 6.45) is 1.49. The minimum Gasteiger partial charge on any atom is -0.497 e. The quantitative estimate of drug-likeness (QED) is 0.776. The molecule has 5 nitrogen and oxygen atoms in total. The molecule has 160 valence electrons. The summed E-state index contributed by atoms with van der Waals surface area (Å²) in [4.78, 5) is 18.4. The molecule has 1 atom stereocenters. The molecule has 0 spiro atoms. The monoisotopic (exact) mass is 408 g/mol. The lowest BCUT2D eigenvalue weighted by molar-refractivity contribution is -0.144. The second-order valence-corrected chi connectivity index (χ2v) is 8.58. The first-order valence-electron chi connectivity index (χ1n) is 10.8. The summed E-state index contributed by atoms with van der Waals surface area (Å²) >= 11 is 0. The van der Waals surface area contributed by atoms with Gasteiger partial charge in [-0.1, -0.05) is 42.0 Å². The number of benzene rings is 2. The number of carbonyl (C=O) groups excluding carboxylic acids is 1. The van der Waals surface area contributed by atoms with Crippen LogP contribution in [0.1, 0.15) is 35.6 Å². The summed E-state index contributed by atoms with van der Waals surface area (Å²) in [7, 11) is 3.82. The van der Waals surface area contributed by atoms with Gasteiger partial charge in [0.2, 0.25) is 5.91 Å². The second-order valence-electron chi connectivity index (χ2n) is 8.58. The highest BCUT2D eigenvalue weighted by atomic mass is 16.5. The van der Waals surface area contributed by atoms with Gasteiger partial charge in [-0.2, -0.15) is 0 Å². The molecule has 2 fully saturated rings. The Labute approximate surface area is 179 Å². The molecule has 0 aromatic heterocycles. The van der Waals surface area contributed by atoms with E-state index in [1.54, 1.807) is 7.11 Å². The molecule has 1 amide bonds. The molecule has 4 rings (SSSR count). The molecule has 2 saturated heterocycles. The molecule has 2 aliphatic heterocycles. The van der Waals surface area contributed by atoms with Crippen LogP contribution >= 0.6 is 0 Å². The number of ether oxygens (including phenoxy) is 2. The number of carbonyl (C=O) groups is 1. The third-order valence-electron chi connectivity index (χ3n) is 6.76. The fraction of sp³-hybridized carbons (Fsp3) is 0.480. The van der Waals surface area contributed by atoms with E-state index in [9.17, 15) is 4.79 Å². The number of methoxy groups -OCH3 is 1. The third kappa shape index (κ3) is 3.96. The molecule has 0 radical (unpaired) electrons. The largest absolute Gasteiger partial charge is 0.497 e. The first-order valence-corrected chi connectivity index (χ1v) is 10.8. The zero-order chi connectivity index (χ0) is 21.1. The van der Waals surface area contributed by atoms with Crippen molar-refractivity contribution >= 4 is 5.91 Å². The summed E-state index contributed by atoms with van der Waals surface area (Å²) in [5, 5.41) is 0. The molecule has 0 saturated carbocycles. The molecule has 0 aliphatic carbocycles. The summed E-state index contributed by atoms with van der Waals surface area (Å²) in [6.45, 7) is 5.69. The molecular weight excluding hydrogens is 376 g/mol. The Morgan fingerprint density at radius 2 is 1.83 bits per heavy atom. The number of amides is 1. The van der Waals surface area contributed by atoms with Gasteiger partial charge < -0.3 is 14.4 Å². The first-order chi connectivity index (χ1) is 14.5. The molecular formula is C25H32N2O3. The van der Waals surface area contributed by atoms with Crippen LogP contribution in [0.15, 0.2) is 48.5 Å². The maximum Gasteiger partial charge on any atom is 0.233 e. The van der Waals surface area contributed by atoms with Gasteiger partial charge in [0.05, 0.1) is 18.6 Å². The van der Waals surface area contributed by atoms with Gasteiger partial charge in [-0.15, -0.1) is 0 Å². The standard InChI is InChI=1S/C25H32N2O3/c1-19-5-4-6-21(17-19)25(11-15-30-16-12-25)24(28)27-14-13-26(2)23(18-27)20-7-9-22(29-3)10-8-20/h4-10,17,23H,11-16,18H2,1-3H3. The molecule has 30 heavy (non-hydrogen) atoms. The normalized spacial score (nSPS) is 22.0. The van der Waals surface area contributed by atoms with Crippen molar-refractivity contribution in [1.29, 1.82) is 0 Å². The van der Waals surface area contributed by atoms with Crippen LogP contribution in [0.25, 0.3) is 0 Å². The van der Waals surface area contributed by atoms with E-state index in [4.69, 9.17) is 9.47 Å². The third-order valence-corrected chi connectivity index (χ3v) is 6.76. The van der Waals surface area contributed by atoms with Gasteiger partial charge in [-0.25, -0.2) is 0 Å². The van der Waals surface area contributed by atoms with Crippen molar-refractivity contribution in [2.45, 2.75) is 31.2 Å². The number of hydrogen-bond acceptors (Lipinski definition) is 4. The zero-order valence-corrected chi connectivity index (χ0v) is 18.3. The maximum atomic E-state index is 14.0. The highest BCUT2D eigenvalue weighted by Gasteiger charge is 2.45. The number of rotatable bonds is 4. The second kappa shape index (κ2) is 8.78. The molecule has 2 aliphatic rings. The lowest BCUT2D eigenvalue weighted by atomic mass is 9.72. The Kier molecular flexibility index (Phi) is 6.11. The van der Waals surface area contributed by atoms with Crippen molar-refractivity contribution in [3.05, 3.63) is 65.2 Å². The van der Waals surface area contributed by atoms with Crippen LogP contribution in [-0.4, -0.2) is 62.7 Å². The smallest absolute Gasteiger partial charge is 0.233 e. The van der Waals surface area contributed by atoms with Crippen LogP contribution in [0.4, 0.5) is 0 Å². The van der Waals surface area contributed by atoms with Crippen molar-refractivity contribution in [3.63, 3.8) is 0 Å². The molecule has 5 heteroatoms. The maximum absolute atomic E-state index is 14.0. The summed E-state index contributed by atoms with van der Waals surface area (Å²) in [6, 6.07) is 16.9. The van der Waals surface area contributed by atoms with Crippen molar-refractivity contribution in [3.8, 4) is 5.75 Å². The van der Waals surface area contributed by atoms with Crippen molar-refractivity contribution < 1.29 is 14.3 Å². The molecule has 0 N–H and O–H groups in total. The molecule has 2 heterocycles. The van der Waals surface area contributed by atoms with E-state index < -0.39 is 5.41 Å². The minimum atomic E-state index is -0.482. The van der Waals surface area contributed by atoms with E-state index in [-0.39, 0.29) is 11.9 Å². The summed E-state index contributed by atoms with van der Waals surface area (Å²) in [5.41, 5.74) is 3.06. The summed E-state index contributed by atoms with van der Waals surface area (Å²) in [5.74, 6) is 1.11. The van der Waals surface area contributed by atoms with E-state index in [2.05, 4.69) is 60.2 Å². The SMILES string of the molecule is COc1ccc(C2CN(C(=O)C3(c4cccc(C)c4)CCOCC3)CCN2C)cc1. The van der Waals surface area contributed by atoms with E-state index in [1.165, 1.54) is 11.1 Å². The fourth-order valence-electron chi connectivity index (χ4n) is 4.84. The molecule has 0 bridgehead atoms.